The van der Waals surface area contributed by atoms with E-state index >= 15 is 0 Å². The van der Waals surface area contributed by atoms with Gasteiger partial charge in [0.2, 0.25) is 0 Å². The second kappa shape index (κ2) is 5.98. The fourth-order valence-electron chi connectivity index (χ4n) is 2.05. The van der Waals surface area contributed by atoms with Crippen molar-refractivity contribution in [1.82, 2.24) is 9.55 Å². The van der Waals surface area contributed by atoms with Gasteiger partial charge in [-0.15, -0.1) is 0 Å². The number of halogens is 2. The number of alkyl halides is 1. The lowest BCUT2D eigenvalue weighted by Crippen LogP contribution is -2.31. The topological polar surface area (TPSA) is 34.9 Å². The number of rotatable bonds is 3. The van der Waals surface area contributed by atoms with Gasteiger partial charge in [0.25, 0.3) is 5.56 Å². The Balaban J connectivity index is 2.46. The van der Waals surface area contributed by atoms with Gasteiger partial charge >= 0.3 is 0 Å². The summed E-state index contributed by atoms with van der Waals surface area (Å²) in [6, 6.07) is 5.59. The van der Waals surface area contributed by atoms with Crippen LogP contribution in [0, 0.1) is 11.3 Å². The van der Waals surface area contributed by atoms with Crippen LogP contribution < -0.4 is 5.56 Å². The standard InChI is InChI=1S/C15H18Br2N2O/c1-15(2,3)10(7-16)8-19-9-18-13-5-4-11(17)6-12(13)14(19)20/h4-6,9-10H,7-8H2,1-3H3. The van der Waals surface area contributed by atoms with Crippen molar-refractivity contribution in [1.29, 1.82) is 0 Å². The van der Waals surface area contributed by atoms with Crippen molar-refractivity contribution in [3.05, 3.63) is 39.4 Å². The van der Waals surface area contributed by atoms with Gasteiger partial charge in [0.1, 0.15) is 0 Å². The minimum absolute atomic E-state index is 0.0199. The van der Waals surface area contributed by atoms with Crippen molar-refractivity contribution in [2.24, 2.45) is 11.3 Å². The molecule has 0 aliphatic heterocycles. The van der Waals surface area contributed by atoms with Crippen LogP contribution in [0.5, 0.6) is 0 Å². The molecule has 1 heterocycles. The van der Waals surface area contributed by atoms with Gasteiger partial charge in [0, 0.05) is 16.3 Å². The molecular formula is C15H18Br2N2O. The number of fused-ring (bicyclic) bond motifs is 1. The quantitative estimate of drug-likeness (QED) is 0.721. The summed E-state index contributed by atoms with van der Waals surface area (Å²) < 4.78 is 2.61. The van der Waals surface area contributed by atoms with Crippen LogP contribution >= 0.6 is 31.9 Å². The summed E-state index contributed by atoms with van der Waals surface area (Å²) in [7, 11) is 0. The van der Waals surface area contributed by atoms with Crippen molar-refractivity contribution in [2.45, 2.75) is 27.3 Å². The first-order valence-corrected chi connectivity index (χ1v) is 8.45. The third-order valence-corrected chi connectivity index (χ3v) is 4.89. The zero-order valence-electron chi connectivity index (χ0n) is 11.9. The second-order valence-corrected chi connectivity index (χ2v) is 7.64. The minimum atomic E-state index is 0.0199. The summed E-state index contributed by atoms with van der Waals surface area (Å²) in [6.07, 6.45) is 1.65. The van der Waals surface area contributed by atoms with Crippen molar-refractivity contribution in [3.8, 4) is 0 Å². The van der Waals surface area contributed by atoms with Gasteiger partial charge < -0.3 is 0 Å². The van der Waals surface area contributed by atoms with E-state index in [0.29, 0.717) is 17.8 Å². The van der Waals surface area contributed by atoms with Crippen LogP contribution in [0.1, 0.15) is 20.8 Å². The van der Waals surface area contributed by atoms with E-state index < -0.39 is 0 Å². The van der Waals surface area contributed by atoms with E-state index in [-0.39, 0.29) is 11.0 Å². The summed E-state index contributed by atoms with van der Waals surface area (Å²) in [6.45, 7) is 7.24. The molecule has 20 heavy (non-hydrogen) atoms. The van der Waals surface area contributed by atoms with E-state index in [1.54, 1.807) is 10.9 Å². The molecule has 1 aromatic heterocycles. The predicted octanol–water partition coefficient (Wildman–Crippen LogP) is 4.22. The van der Waals surface area contributed by atoms with Crippen LogP contribution in [0.25, 0.3) is 10.9 Å². The third kappa shape index (κ3) is 3.31. The number of hydrogen-bond acceptors (Lipinski definition) is 2. The molecule has 2 aromatic rings. The Morgan fingerprint density at radius 3 is 2.65 bits per heavy atom. The second-order valence-electron chi connectivity index (χ2n) is 6.08. The first-order valence-electron chi connectivity index (χ1n) is 6.53. The van der Waals surface area contributed by atoms with E-state index in [1.165, 1.54) is 0 Å². The van der Waals surface area contributed by atoms with Gasteiger partial charge in [0.15, 0.2) is 0 Å². The van der Waals surface area contributed by atoms with Crippen LogP contribution in [0.4, 0.5) is 0 Å². The summed E-state index contributed by atoms with van der Waals surface area (Å²) in [5.41, 5.74) is 0.891. The smallest absolute Gasteiger partial charge is 0.261 e. The molecule has 0 fully saturated rings. The van der Waals surface area contributed by atoms with E-state index in [0.717, 1.165) is 15.3 Å². The highest BCUT2D eigenvalue weighted by molar-refractivity contribution is 9.10. The molecule has 0 spiro atoms. The summed E-state index contributed by atoms with van der Waals surface area (Å²) in [5, 5.41) is 1.52. The van der Waals surface area contributed by atoms with Crippen molar-refractivity contribution < 1.29 is 0 Å². The molecule has 5 heteroatoms. The highest BCUT2D eigenvalue weighted by Gasteiger charge is 2.24. The summed E-state index contributed by atoms with van der Waals surface area (Å²) >= 11 is 6.96. The van der Waals surface area contributed by atoms with Gasteiger partial charge in [-0.05, 0) is 29.5 Å². The Labute approximate surface area is 135 Å². The Bertz CT molecular complexity index is 674. The molecule has 0 saturated heterocycles. The molecule has 0 aliphatic carbocycles. The van der Waals surface area contributed by atoms with Gasteiger partial charge in [0.05, 0.1) is 17.2 Å². The van der Waals surface area contributed by atoms with Crippen molar-refractivity contribution >= 4 is 42.8 Å². The highest BCUT2D eigenvalue weighted by atomic mass is 79.9. The number of nitrogens with zero attached hydrogens (tertiary/aromatic N) is 2. The Morgan fingerprint density at radius 2 is 2.05 bits per heavy atom. The van der Waals surface area contributed by atoms with E-state index in [2.05, 4.69) is 57.6 Å². The summed E-state index contributed by atoms with van der Waals surface area (Å²) in [5.74, 6) is 0.367. The first kappa shape index (κ1) is 15.7. The lowest BCUT2D eigenvalue weighted by molar-refractivity contribution is 0.237. The Morgan fingerprint density at radius 1 is 1.35 bits per heavy atom. The fraction of sp³-hybridized carbons (Fsp3) is 0.467. The Kier molecular flexibility index (Phi) is 4.69. The molecule has 0 saturated carbocycles. The third-order valence-electron chi connectivity index (χ3n) is 3.61. The normalized spacial score (nSPS) is 13.7. The maximum absolute atomic E-state index is 12.5. The predicted molar refractivity (Wildman–Crippen MR) is 90.4 cm³/mol. The van der Waals surface area contributed by atoms with E-state index in [9.17, 15) is 4.79 Å². The molecule has 0 aliphatic rings. The number of hydrogen-bond donors (Lipinski definition) is 0. The average Bonchev–Trinajstić information content (AvgIpc) is 2.37. The number of benzene rings is 1. The Hall–Kier alpha value is -0.680. The molecule has 1 unspecified atom stereocenters. The summed E-state index contributed by atoms with van der Waals surface area (Å²) in [4.78, 5) is 16.9. The molecule has 1 aromatic carbocycles. The van der Waals surface area contributed by atoms with E-state index in [1.807, 2.05) is 18.2 Å². The van der Waals surface area contributed by atoms with Crippen LogP contribution in [-0.2, 0) is 6.54 Å². The fourth-order valence-corrected chi connectivity index (χ4v) is 3.59. The molecule has 0 bridgehead atoms. The van der Waals surface area contributed by atoms with Crippen LogP contribution in [0.15, 0.2) is 33.8 Å². The molecule has 0 radical (unpaired) electrons. The van der Waals surface area contributed by atoms with Crippen LogP contribution in [0.2, 0.25) is 0 Å². The zero-order valence-corrected chi connectivity index (χ0v) is 15.0. The lowest BCUT2D eigenvalue weighted by Gasteiger charge is -2.29. The molecular weight excluding hydrogens is 384 g/mol. The van der Waals surface area contributed by atoms with Crippen molar-refractivity contribution in [2.75, 3.05) is 5.33 Å². The maximum Gasteiger partial charge on any atom is 0.261 e. The molecule has 0 amide bonds. The maximum atomic E-state index is 12.5. The van der Waals surface area contributed by atoms with Gasteiger partial charge in [-0.25, -0.2) is 4.98 Å². The van der Waals surface area contributed by atoms with Crippen LogP contribution in [0.3, 0.4) is 0 Å². The lowest BCUT2D eigenvalue weighted by atomic mass is 9.82. The monoisotopic (exact) mass is 400 g/mol. The minimum Gasteiger partial charge on any atom is -0.298 e. The van der Waals surface area contributed by atoms with Gasteiger partial charge in [-0.2, -0.15) is 0 Å². The largest absolute Gasteiger partial charge is 0.298 e. The zero-order chi connectivity index (χ0) is 14.9. The first-order chi connectivity index (χ1) is 9.32. The molecule has 2 rings (SSSR count). The molecule has 108 valence electrons. The van der Waals surface area contributed by atoms with Crippen LogP contribution in [-0.4, -0.2) is 14.9 Å². The van der Waals surface area contributed by atoms with E-state index in [4.69, 9.17) is 0 Å². The highest BCUT2D eigenvalue weighted by Crippen LogP contribution is 2.28. The SMILES string of the molecule is CC(C)(C)C(CBr)Cn1cnc2ccc(Br)cc2c1=O. The van der Waals surface area contributed by atoms with Crippen molar-refractivity contribution in [3.63, 3.8) is 0 Å². The van der Waals surface area contributed by atoms with Gasteiger partial charge in [-0.1, -0.05) is 52.6 Å². The molecule has 0 N–H and O–H groups in total. The molecule has 1 atom stereocenters. The number of aromatic nitrogens is 2. The molecule has 3 nitrogen and oxygen atoms in total. The van der Waals surface area contributed by atoms with Gasteiger partial charge in [-0.3, -0.25) is 9.36 Å². The average molecular weight is 402 g/mol.